The van der Waals surface area contributed by atoms with Gasteiger partial charge in [-0.2, -0.15) is 0 Å². The van der Waals surface area contributed by atoms with Crippen molar-refractivity contribution in [2.24, 2.45) is 0 Å². The topological polar surface area (TPSA) is 37.3 Å². The molecule has 0 radical (unpaired) electrons. The fraction of sp³-hybridized carbons (Fsp3) is 0.741. The molecule has 1 aromatic carbocycles. The number of carboxylic acids is 1. The molecule has 0 amide bonds. The lowest BCUT2D eigenvalue weighted by Crippen LogP contribution is -2.16. The molecule has 0 bridgehead atoms. The molecule has 1 aromatic rings. The molecule has 0 atom stereocenters. The zero-order valence-corrected chi connectivity index (χ0v) is 19.3. The van der Waals surface area contributed by atoms with Gasteiger partial charge in [0.25, 0.3) is 0 Å². The maximum atomic E-state index is 10.4. The van der Waals surface area contributed by atoms with Gasteiger partial charge in [0.2, 0.25) is 0 Å². The Morgan fingerprint density at radius 2 is 1.03 bits per heavy atom. The van der Waals surface area contributed by atoms with Crippen LogP contribution in [0.3, 0.4) is 0 Å². The van der Waals surface area contributed by atoms with Gasteiger partial charge in [0.15, 0.2) is 0 Å². The minimum atomic E-state index is -0.656. The number of carboxylic acid groups (broad SMARTS) is 1. The molecule has 0 saturated carbocycles. The summed E-state index contributed by atoms with van der Waals surface area (Å²) in [4.78, 5) is 10.4. The average molecular weight is 403 g/mol. The minimum absolute atomic E-state index is 0.305. The van der Waals surface area contributed by atoms with Gasteiger partial charge in [0, 0.05) is 6.42 Å². The van der Waals surface area contributed by atoms with E-state index in [1.54, 1.807) is 0 Å². The first-order valence-corrected chi connectivity index (χ1v) is 12.3. The van der Waals surface area contributed by atoms with Gasteiger partial charge in [-0.15, -0.1) is 0 Å². The van der Waals surface area contributed by atoms with Crippen LogP contribution in [0.1, 0.15) is 129 Å². The van der Waals surface area contributed by atoms with Crippen molar-refractivity contribution >= 4 is 5.97 Å². The molecule has 2 heteroatoms. The summed E-state index contributed by atoms with van der Waals surface area (Å²) in [5, 5.41) is 8.60. The standard InChI is InChI=1S/C27H46O2/c1-27(2,25-21-17-16-18-22-25)24-20-15-13-11-9-7-5-3-4-6-8-10-12-14-19-23-26(28)29/h16-18,21-22H,3-15,19-20,23-24H2,1-2H3,(H,28,29). The summed E-state index contributed by atoms with van der Waals surface area (Å²) >= 11 is 0. The van der Waals surface area contributed by atoms with Crippen LogP contribution in [0.4, 0.5) is 0 Å². The van der Waals surface area contributed by atoms with E-state index in [2.05, 4.69) is 44.2 Å². The van der Waals surface area contributed by atoms with Crippen molar-refractivity contribution in [3.05, 3.63) is 35.9 Å². The van der Waals surface area contributed by atoms with Crippen LogP contribution in [-0.4, -0.2) is 11.1 Å². The third-order valence-corrected chi connectivity index (χ3v) is 6.25. The Morgan fingerprint density at radius 3 is 1.45 bits per heavy atom. The molecule has 1 N–H and O–H groups in total. The molecule has 0 aliphatic heterocycles. The molecule has 0 spiro atoms. The maximum Gasteiger partial charge on any atom is 0.303 e. The summed E-state index contributed by atoms with van der Waals surface area (Å²) in [5.41, 5.74) is 1.78. The molecule has 166 valence electrons. The molecule has 0 fully saturated rings. The molecule has 0 saturated heterocycles. The van der Waals surface area contributed by atoms with Crippen molar-refractivity contribution in [3.8, 4) is 0 Å². The number of benzene rings is 1. The molecule has 0 aliphatic rings. The summed E-state index contributed by atoms with van der Waals surface area (Å²) in [7, 11) is 0. The first-order chi connectivity index (χ1) is 14.0. The van der Waals surface area contributed by atoms with Crippen molar-refractivity contribution in [2.45, 2.75) is 128 Å². The Bertz CT molecular complexity index is 507. The number of aliphatic carboxylic acids is 1. The van der Waals surface area contributed by atoms with Crippen molar-refractivity contribution in [2.75, 3.05) is 0 Å². The predicted molar refractivity (Wildman–Crippen MR) is 126 cm³/mol. The smallest absolute Gasteiger partial charge is 0.303 e. The molecule has 1 rings (SSSR count). The first-order valence-electron chi connectivity index (χ1n) is 12.3. The Kier molecular flexibility index (Phi) is 14.6. The van der Waals surface area contributed by atoms with Crippen LogP contribution in [0.5, 0.6) is 0 Å². The van der Waals surface area contributed by atoms with Crippen molar-refractivity contribution in [1.82, 2.24) is 0 Å². The van der Waals surface area contributed by atoms with Gasteiger partial charge in [0.05, 0.1) is 0 Å². The molecule has 29 heavy (non-hydrogen) atoms. The third-order valence-electron chi connectivity index (χ3n) is 6.25. The van der Waals surface area contributed by atoms with E-state index in [9.17, 15) is 4.79 Å². The monoisotopic (exact) mass is 402 g/mol. The van der Waals surface area contributed by atoms with Crippen LogP contribution >= 0.6 is 0 Å². The largest absolute Gasteiger partial charge is 0.481 e. The van der Waals surface area contributed by atoms with Gasteiger partial charge in [-0.1, -0.05) is 134 Å². The Hall–Kier alpha value is -1.31. The van der Waals surface area contributed by atoms with Crippen LogP contribution in [-0.2, 0) is 10.2 Å². The summed E-state index contributed by atoms with van der Waals surface area (Å²) < 4.78 is 0. The molecule has 0 heterocycles. The van der Waals surface area contributed by atoms with Crippen LogP contribution < -0.4 is 0 Å². The first kappa shape index (κ1) is 25.7. The van der Waals surface area contributed by atoms with Gasteiger partial charge in [-0.05, 0) is 23.8 Å². The molecule has 0 aliphatic carbocycles. The SMILES string of the molecule is CC(C)(CCCCCCCCCCCCCCCCCC(=O)O)c1ccccc1. The van der Waals surface area contributed by atoms with Crippen molar-refractivity contribution in [1.29, 1.82) is 0 Å². The summed E-state index contributed by atoms with van der Waals surface area (Å²) in [5.74, 6) is -0.656. The molecular weight excluding hydrogens is 356 g/mol. The van der Waals surface area contributed by atoms with Crippen LogP contribution in [0.15, 0.2) is 30.3 Å². The Balaban J connectivity index is 1.81. The summed E-state index contributed by atoms with van der Waals surface area (Å²) in [6.07, 6.45) is 21.2. The number of rotatable bonds is 19. The second-order valence-corrected chi connectivity index (χ2v) is 9.45. The Morgan fingerprint density at radius 1 is 0.655 bits per heavy atom. The normalized spacial score (nSPS) is 11.7. The van der Waals surface area contributed by atoms with Gasteiger partial charge >= 0.3 is 5.97 Å². The number of hydrogen-bond donors (Lipinski definition) is 1. The number of unbranched alkanes of at least 4 members (excludes halogenated alkanes) is 14. The number of hydrogen-bond acceptors (Lipinski definition) is 1. The molecule has 0 unspecified atom stereocenters. The Labute approximate surface area is 180 Å². The summed E-state index contributed by atoms with van der Waals surface area (Å²) in [6, 6.07) is 10.9. The highest BCUT2D eigenvalue weighted by atomic mass is 16.4. The molecule has 0 aromatic heterocycles. The van der Waals surface area contributed by atoms with Gasteiger partial charge < -0.3 is 5.11 Å². The fourth-order valence-electron chi connectivity index (χ4n) is 4.17. The number of carbonyl (C=O) groups is 1. The van der Waals surface area contributed by atoms with E-state index in [1.165, 1.54) is 95.5 Å². The quantitative estimate of drug-likeness (QED) is 0.235. The molecular formula is C27H46O2. The van der Waals surface area contributed by atoms with E-state index in [0.29, 0.717) is 11.8 Å². The van der Waals surface area contributed by atoms with E-state index in [1.807, 2.05) is 0 Å². The van der Waals surface area contributed by atoms with E-state index < -0.39 is 5.97 Å². The van der Waals surface area contributed by atoms with E-state index in [-0.39, 0.29) is 0 Å². The van der Waals surface area contributed by atoms with Crippen molar-refractivity contribution in [3.63, 3.8) is 0 Å². The third kappa shape index (κ3) is 14.3. The minimum Gasteiger partial charge on any atom is -0.481 e. The summed E-state index contributed by atoms with van der Waals surface area (Å²) in [6.45, 7) is 4.75. The van der Waals surface area contributed by atoms with Crippen LogP contribution in [0.25, 0.3) is 0 Å². The highest BCUT2D eigenvalue weighted by molar-refractivity contribution is 5.66. The van der Waals surface area contributed by atoms with E-state index in [0.717, 1.165) is 12.8 Å². The van der Waals surface area contributed by atoms with E-state index in [4.69, 9.17) is 5.11 Å². The second-order valence-electron chi connectivity index (χ2n) is 9.45. The maximum absolute atomic E-state index is 10.4. The lowest BCUT2D eigenvalue weighted by Gasteiger charge is -2.25. The van der Waals surface area contributed by atoms with E-state index >= 15 is 0 Å². The van der Waals surface area contributed by atoms with Crippen LogP contribution in [0, 0.1) is 0 Å². The lowest BCUT2D eigenvalue weighted by molar-refractivity contribution is -0.137. The van der Waals surface area contributed by atoms with Crippen molar-refractivity contribution < 1.29 is 9.90 Å². The lowest BCUT2D eigenvalue weighted by atomic mass is 9.80. The highest BCUT2D eigenvalue weighted by Gasteiger charge is 2.19. The highest BCUT2D eigenvalue weighted by Crippen LogP contribution is 2.29. The molecule has 2 nitrogen and oxygen atoms in total. The van der Waals surface area contributed by atoms with Gasteiger partial charge in [-0.3, -0.25) is 4.79 Å². The zero-order chi connectivity index (χ0) is 21.2. The van der Waals surface area contributed by atoms with Crippen LogP contribution in [0.2, 0.25) is 0 Å². The fourth-order valence-corrected chi connectivity index (χ4v) is 4.17. The van der Waals surface area contributed by atoms with Gasteiger partial charge in [0.1, 0.15) is 0 Å². The van der Waals surface area contributed by atoms with Gasteiger partial charge in [-0.25, -0.2) is 0 Å². The predicted octanol–water partition coefficient (Wildman–Crippen LogP) is 8.68. The second kappa shape index (κ2) is 16.5. The zero-order valence-electron chi connectivity index (χ0n) is 19.3. The average Bonchev–Trinajstić information content (AvgIpc) is 2.70.